The van der Waals surface area contributed by atoms with Gasteiger partial charge in [0.05, 0.1) is 17.6 Å². The third-order valence-electron chi connectivity index (χ3n) is 4.39. The Morgan fingerprint density at radius 2 is 2.10 bits per heavy atom. The number of rotatable bonds is 4. The van der Waals surface area contributed by atoms with Crippen molar-refractivity contribution in [1.29, 1.82) is 0 Å². The Morgan fingerprint density at radius 1 is 1.45 bits per heavy atom. The highest BCUT2D eigenvalue weighted by molar-refractivity contribution is 5.91. The molecular formula is C14H25ClN4O. The monoisotopic (exact) mass is 300 g/mol. The first-order chi connectivity index (χ1) is 9.06. The van der Waals surface area contributed by atoms with Crippen molar-refractivity contribution in [2.75, 3.05) is 11.9 Å². The number of aryl methyl sites for hydroxylation is 1. The second kappa shape index (κ2) is 7.09. The number of amides is 1. The molecule has 0 radical (unpaired) electrons. The molecule has 3 N–H and O–H groups in total. The van der Waals surface area contributed by atoms with Crippen LogP contribution in [0.15, 0.2) is 6.20 Å². The topological polar surface area (TPSA) is 72.9 Å². The predicted molar refractivity (Wildman–Crippen MR) is 83.0 cm³/mol. The zero-order valence-corrected chi connectivity index (χ0v) is 13.1. The number of nitrogens with zero attached hydrogens (tertiary/aromatic N) is 2. The molecule has 0 bridgehead atoms. The maximum Gasteiger partial charge on any atom is 0.225 e. The molecule has 1 aromatic heterocycles. The van der Waals surface area contributed by atoms with Gasteiger partial charge < -0.3 is 11.1 Å². The molecule has 0 spiro atoms. The Kier molecular flexibility index (Phi) is 6.02. The summed E-state index contributed by atoms with van der Waals surface area (Å²) >= 11 is 0. The molecule has 6 heteroatoms. The van der Waals surface area contributed by atoms with Gasteiger partial charge >= 0.3 is 0 Å². The van der Waals surface area contributed by atoms with E-state index in [-0.39, 0.29) is 23.7 Å². The zero-order chi connectivity index (χ0) is 13.9. The van der Waals surface area contributed by atoms with E-state index >= 15 is 0 Å². The summed E-state index contributed by atoms with van der Waals surface area (Å²) in [6.45, 7) is 2.55. The van der Waals surface area contributed by atoms with Crippen LogP contribution in [-0.4, -0.2) is 22.2 Å². The number of halogens is 1. The minimum absolute atomic E-state index is 0. The van der Waals surface area contributed by atoms with Gasteiger partial charge in [0.15, 0.2) is 0 Å². The number of hydrogen-bond acceptors (Lipinski definition) is 3. The fourth-order valence-electron chi connectivity index (χ4n) is 2.91. The quantitative estimate of drug-likeness (QED) is 0.896. The van der Waals surface area contributed by atoms with Crippen molar-refractivity contribution in [2.24, 2.45) is 18.2 Å². The van der Waals surface area contributed by atoms with Gasteiger partial charge in [-0.05, 0) is 31.7 Å². The number of nitrogens with two attached hydrogens (primary N) is 1. The Morgan fingerprint density at radius 3 is 2.60 bits per heavy atom. The number of nitrogens with one attached hydrogen (secondary N) is 1. The van der Waals surface area contributed by atoms with E-state index in [2.05, 4.69) is 10.4 Å². The van der Waals surface area contributed by atoms with Crippen LogP contribution in [-0.2, 0) is 11.8 Å². The Bertz CT molecular complexity index is 452. The molecule has 0 unspecified atom stereocenters. The molecule has 1 heterocycles. The van der Waals surface area contributed by atoms with Crippen LogP contribution in [0.2, 0.25) is 0 Å². The third-order valence-corrected chi connectivity index (χ3v) is 4.39. The predicted octanol–water partition coefficient (Wildman–Crippen LogP) is 2.39. The summed E-state index contributed by atoms with van der Waals surface area (Å²) in [5.41, 5.74) is 7.70. The molecule has 0 aliphatic heterocycles. The van der Waals surface area contributed by atoms with Gasteiger partial charge in [-0.15, -0.1) is 12.4 Å². The van der Waals surface area contributed by atoms with Gasteiger partial charge in [0.25, 0.3) is 0 Å². The maximum absolute atomic E-state index is 12.2. The van der Waals surface area contributed by atoms with E-state index in [1.54, 1.807) is 10.9 Å². The largest absolute Gasteiger partial charge is 0.330 e. The van der Waals surface area contributed by atoms with E-state index in [1.807, 2.05) is 14.0 Å². The Balaban J connectivity index is 0.00000200. The molecule has 0 atom stereocenters. The molecule has 1 fully saturated rings. The number of carbonyl (C=O) groups excluding carboxylic acids is 1. The van der Waals surface area contributed by atoms with Gasteiger partial charge in [-0.2, -0.15) is 5.10 Å². The first-order valence-corrected chi connectivity index (χ1v) is 7.05. The highest BCUT2D eigenvalue weighted by atomic mass is 35.5. The van der Waals surface area contributed by atoms with E-state index in [0.29, 0.717) is 13.0 Å². The standard InChI is InChI=1S/C14H24N4O.ClH/c1-11-12(9-16-18(11)2)17-13(19)8-14(10-15)6-4-3-5-7-14;/h9H,3-8,10,15H2,1-2H3,(H,17,19);1H. The van der Waals surface area contributed by atoms with Gasteiger partial charge in [-0.3, -0.25) is 9.48 Å². The molecular weight excluding hydrogens is 276 g/mol. The molecule has 0 saturated heterocycles. The zero-order valence-electron chi connectivity index (χ0n) is 12.3. The van der Waals surface area contributed by atoms with Gasteiger partial charge in [0, 0.05) is 13.5 Å². The molecule has 1 aliphatic rings. The molecule has 20 heavy (non-hydrogen) atoms. The molecule has 1 aliphatic carbocycles. The van der Waals surface area contributed by atoms with Crippen molar-refractivity contribution in [1.82, 2.24) is 9.78 Å². The van der Waals surface area contributed by atoms with Crippen LogP contribution < -0.4 is 11.1 Å². The molecule has 2 rings (SSSR count). The van der Waals surface area contributed by atoms with Crippen LogP contribution in [0.3, 0.4) is 0 Å². The van der Waals surface area contributed by atoms with Crippen LogP contribution in [0.4, 0.5) is 5.69 Å². The molecule has 1 saturated carbocycles. The summed E-state index contributed by atoms with van der Waals surface area (Å²) in [5, 5.41) is 7.09. The lowest BCUT2D eigenvalue weighted by molar-refractivity contribution is -0.118. The van der Waals surface area contributed by atoms with Gasteiger partial charge in [-0.25, -0.2) is 0 Å². The maximum atomic E-state index is 12.2. The number of carbonyl (C=O) groups is 1. The lowest BCUT2D eigenvalue weighted by atomic mass is 9.71. The number of aromatic nitrogens is 2. The average Bonchev–Trinajstić information content (AvgIpc) is 2.72. The van der Waals surface area contributed by atoms with Crippen molar-refractivity contribution in [3.63, 3.8) is 0 Å². The van der Waals surface area contributed by atoms with Crippen LogP contribution in [0.5, 0.6) is 0 Å². The van der Waals surface area contributed by atoms with E-state index in [4.69, 9.17) is 5.73 Å². The highest BCUT2D eigenvalue weighted by Crippen LogP contribution is 2.38. The summed E-state index contributed by atoms with van der Waals surface area (Å²) in [6.07, 6.45) is 8.02. The first-order valence-electron chi connectivity index (χ1n) is 7.05. The minimum atomic E-state index is 0. The lowest BCUT2D eigenvalue weighted by Crippen LogP contribution is -2.36. The molecule has 1 amide bonds. The van der Waals surface area contributed by atoms with E-state index in [1.165, 1.54) is 19.3 Å². The normalized spacial score (nSPS) is 17.4. The van der Waals surface area contributed by atoms with Crippen molar-refractivity contribution in [2.45, 2.75) is 45.4 Å². The SMILES string of the molecule is Cc1c(NC(=O)CC2(CN)CCCCC2)cnn1C.Cl. The highest BCUT2D eigenvalue weighted by Gasteiger charge is 2.33. The number of hydrogen-bond donors (Lipinski definition) is 2. The lowest BCUT2D eigenvalue weighted by Gasteiger charge is -2.35. The second-order valence-electron chi connectivity index (χ2n) is 5.76. The fourth-order valence-corrected chi connectivity index (χ4v) is 2.91. The molecule has 1 aromatic rings. The minimum Gasteiger partial charge on any atom is -0.330 e. The van der Waals surface area contributed by atoms with Crippen molar-refractivity contribution in [3.05, 3.63) is 11.9 Å². The Hall–Kier alpha value is -1.07. The average molecular weight is 301 g/mol. The van der Waals surface area contributed by atoms with E-state index in [9.17, 15) is 4.79 Å². The molecule has 0 aromatic carbocycles. The fraction of sp³-hybridized carbons (Fsp3) is 0.714. The number of anilines is 1. The van der Waals surface area contributed by atoms with Gasteiger partial charge in [0.2, 0.25) is 5.91 Å². The second-order valence-corrected chi connectivity index (χ2v) is 5.76. The van der Waals surface area contributed by atoms with Crippen molar-refractivity contribution in [3.8, 4) is 0 Å². The summed E-state index contributed by atoms with van der Waals surface area (Å²) in [4.78, 5) is 12.2. The summed E-state index contributed by atoms with van der Waals surface area (Å²) < 4.78 is 1.76. The van der Waals surface area contributed by atoms with Gasteiger partial charge in [0.1, 0.15) is 0 Å². The van der Waals surface area contributed by atoms with Crippen LogP contribution >= 0.6 is 12.4 Å². The summed E-state index contributed by atoms with van der Waals surface area (Å²) in [6, 6.07) is 0. The molecule has 114 valence electrons. The third kappa shape index (κ3) is 3.73. The van der Waals surface area contributed by atoms with Crippen LogP contribution in [0.25, 0.3) is 0 Å². The smallest absolute Gasteiger partial charge is 0.225 e. The van der Waals surface area contributed by atoms with Gasteiger partial charge in [-0.1, -0.05) is 19.3 Å². The van der Waals surface area contributed by atoms with Crippen LogP contribution in [0.1, 0.15) is 44.2 Å². The van der Waals surface area contributed by atoms with E-state index in [0.717, 1.165) is 24.2 Å². The summed E-state index contributed by atoms with van der Waals surface area (Å²) in [7, 11) is 1.87. The van der Waals surface area contributed by atoms with E-state index < -0.39 is 0 Å². The summed E-state index contributed by atoms with van der Waals surface area (Å²) in [5.74, 6) is 0.0588. The first kappa shape index (κ1) is 17.0. The molecule has 5 nitrogen and oxygen atoms in total. The van der Waals surface area contributed by atoms with Crippen molar-refractivity contribution >= 4 is 24.0 Å². The van der Waals surface area contributed by atoms with Crippen molar-refractivity contribution < 1.29 is 4.79 Å². The Labute approximate surface area is 126 Å². The van der Waals surface area contributed by atoms with Crippen LogP contribution in [0, 0.1) is 12.3 Å².